The number of benzene rings is 2. The van der Waals surface area contributed by atoms with Gasteiger partial charge in [-0.1, -0.05) is 41.9 Å². The maximum absolute atomic E-state index is 10.8. The van der Waals surface area contributed by atoms with Gasteiger partial charge in [-0.05, 0) is 30.3 Å². The number of aliphatic carboxylic acids is 1. The fourth-order valence-corrected chi connectivity index (χ4v) is 2.24. The predicted octanol–water partition coefficient (Wildman–Crippen LogP) is 4.76. The van der Waals surface area contributed by atoms with Gasteiger partial charge in [-0.2, -0.15) is 0 Å². The molecular formula is C18H12ClNO3. The van der Waals surface area contributed by atoms with Gasteiger partial charge >= 0.3 is 5.97 Å². The lowest BCUT2D eigenvalue weighted by Crippen LogP contribution is -1.86. The van der Waals surface area contributed by atoms with Crippen molar-refractivity contribution in [1.29, 1.82) is 0 Å². The number of carbonyl (C=O) groups is 1. The number of aromatic nitrogens is 1. The summed E-state index contributed by atoms with van der Waals surface area (Å²) in [7, 11) is 0. The molecular weight excluding hydrogens is 314 g/mol. The second kappa shape index (κ2) is 6.50. The Hall–Kier alpha value is -2.85. The highest BCUT2D eigenvalue weighted by Crippen LogP contribution is 2.30. The zero-order chi connectivity index (χ0) is 16.2. The minimum atomic E-state index is -1.05. The van der Waals surface area contributed by atoms with Crippen LogP contribution in [0.2, 0.25) is 5.02 Å². The van der Waals surface area contributed by atoms with Crippen LogP contribution < -0.4 is 0 Å². The van der Waals surface area contributed by atoms with Crippen LogP contribution in [0.25, 0.3) is 28.8 Å². The van der Waals surface area contributed by atoms with Gasteiger partial charge in [0.2, 0.25) is 5.89 Å². The molecule has 3 aromatic rings. The number of hydrogen-bond acceptors (Lipinski definition) is 3. The molecule has 0 bridgehead atoms. The van der Waals surface area contributed by atoms with Crippen LogP contribution in [0.1, 0.15) is 5.76 Å². The lowest BCUT2D eigenvalue weighted by molar-refractivity contribution is -0.131. The van der Waals surface area contributed by atoms with Crippen LogP contribution in [0.15, 0.2) is 65.1 Å². The summed E-state index contributed by atoms with van der Waals surface area (Å²) < 4.78 is 5.74. The molecule has 0 saturated heterocycles. The maximum Gasteiger partial charge on any atom is 0.328 e. The minimum Gasteiger partial charge on any atom is -0.478 e. The highest BCUT2D eigenvalue weighted by atomic mass is 35.5. The van der Waals surface area contributed by atoms with E-state index in [1.54, 1.807) is 12.1 Å². The number of rotatable bonds is 4. The number of nitrogens with zero attached hydrogens (tertiary/aromatic N) is 1. The molecule has 114 valence electrons. The number of carboxylic acid groups (broad SMARTS) is 1. The fraction of sp³-hybridized carbons (Fsp3) is 0. The topological polar surface area (TPSA) is 63.3 Å². The van der Waals surface area contributed by atoms with E-state index in [1.807, 2.05) is 42.5 Å². The highest BCUT2D eigenvalue weighted by Gasteiger charge is 2.14. The van der Waals surface area contributed by atoms with Gasteiger partial charge in [0.25, 0.3) is 0 Å². The van der Waals surface area contributed by atoms with E-state index in [1.165, 1.54) is 6.08 Å². The van der Waals surface area contributed by atoms with Crippen LogP contribution >= 0.6 is 11.6 Å². The monoisotopic (exact) mass is 325 g/mol. The first kappa shape index (κ1) is 15.1. The Bertz CT molecular complexity index is 852. The Labute approximate surface area is 137 Å². The Morgan fingerprint density at radius 3 is 2.39 bits per heavy atom. The lowest BCUT2D eigenvalue weighted by atomic mass is 10.1. The van der Waals surface area contributed by atoms with E-state index in [2.05, 4.69) is 4.98 Å². The van der Waals surface area contributed by atoms with E-state index in [4.69, 9.17) is 21.1 Å². The first-order valence-corrected chi connectivity index (χ1v) is 7.24. The molecule has 3 rings (SSSR count). The van der Waals surface area contributed by atoms with Gasteiger partial charge in [0, 0.05) is 22.2 Å². The molecule has 0 saturated carbocycles. The molecule has 0 radical (unpaired) electrons. The molecule has 0 atom stereocenters. The lowest BCUT2D eigenvalue weighted by Gasteiger charge is -1.97. The van der Waals surface area contributed by atoms with Gasteiger partial charge < -0.3 is 9.52 Å². The van der Waals surface area contributed by atoms with Crippen LogP contribution in [0.3, 0.4) is 0 Å². The summed E-state index contributed by atoms with van der Waals surface area (Å²) in [5.41, 5.74) is 2.18. The number of hydrogen-bond donors (Lipinski definition) is 1. The third-order valence-corrected chi connectivity index (χ3v) is 3.42. The van der Waals surface area contributed by atoms with Crippen molar-refractivity contribution in [3.8, 4) is 22.7 Å². The van der Waals surface area contributed by atoms with E-state index >= 15 is 0 Å². The van der Waals surface area contributed by atoms with Crippen molar-refractivity contribution in [1.82, 2.24) is 4.98 Å². The fourth-order valence-electron chi connectivity index (χ4n) is 2.11. The van der Waals surface area contributed by atoms with Gasteiger partial charge in [0.1, 0.15) is 5.69 Å². The third-order valence-electron chi connectivity index (χ3n) is 3.17. The average Bonchev–Trinajstić information content (AvgIpc) is 2.99. The normalized spacial score (nSPS) is 11.0. The van der Waals surface area contributed by atoms with Crippen molar-refractivity contribution in [2.24, 2.45) is 0 Å². The summed E-state index contributed by atoms with van der Waals surface area (Å²) in [6.45, 7) is 0. The maximum atomic E-state index is 10.8. The molecule has 0 aliphatic heterocycles. The van der Waals surface area contributed by atoms with Crippen LogP contribution in [0.4, 0.5) is 0 Å². The first-order valence-electron chi connectivity index (χ1n) is 6.86. The summed E-state index contributed by atoms with van der Waals surface area (Å²) in [6.07, 6.45) is 2.42. The smallest absolute Gasteiger partial charge is 0.328 e. The Morgan fingerprint density at radius 2 is 1.74 bits per heavy atom. The zero-order valence-electron chi connectivity index (χ0n) is 11.9. The first-order chi connectivity index (χ1) is 11.1. The van der Waals surface area contributed by atoms with E-state index < -0.39 is 5.97 Å². The molecule has 0 amide bonds. The third kappa shape index (κ3) is 3.49. The molecule has 4 nitrogen and oxygen atoms in total. The van der Waals surface area contributed by atoms with Gasteiger partial charge in [0.15, 0.2) is 5.76 Å². The van der Waals surface area contributed by atoms with Crippen molar-refractivity contribution in [2.75, 3.05) is 0 Å². The summed E-state index contributed by atoms with van der Waals surface area (Å²) >= 11 is 5.91. The molecule has 5 heteroatoms. The summed E-state index contributed by atoms with van der Waals surface area (Å²) in [6, 6.07) is 16.5. The number of halogens is 1. The second-order valence-corrected chi connectivity index (χ2v) is 5.21. The molecule has 0 aliphatic carbocycles. The van der Waals surface area contributed by atoms with Gasteiger partial charge in [-0.25, -0.2) is 9.78 Å². The Balaban J connectivity index is 2.10. The average molecular weight is 326 g/mol. The molecule has 0 fully saturated rings. The van der Waals surface area contributed by atoms with Crippen molar-refractivity contribution < 1.29 is 14.3 Å². The van der Waals surface area contributed by atoms with E-state index in [9.17, 15) is 4.79 Å². The molecule has 1 heterocycles. The summed E-state index contributed by atoms with van der Waals surface area (Å²) in [4.78, 5) is 15.3. The highest BCUT2D eigenvalue weighted by molar-refractivity contribution is 6.30. The molecule has 0 unspecified atom stereocenters. The van der Waals surface area contributed by atoms with Crippen molar-refractivity contribution in [3.63, 3.8) is 0 Å². The number of oxazole rings is 1. The molecule has 1 aromatic heterocycles. The molecule has 2 aromatic carbocycles. The molecule has 1 N–H and O–H groups in total. The zero-order valence-corrected chi connectivity index (χ0v) is 12.7. The molecule has 0 aliphatic rings. The Morgan fingerprint density at radius 1 is 1.04 bits per heavy atom. The van der Waals surface area contributed by atoms with Crippen LogP contribution in [0, 0.1) is 0 Å². The van der Waals surface area contributed by atoms with E-state index in [0.29, 0.717) is 22.4 Å². The second-order valence-electron chi connectivity index (χ2n) is 4.78. The standard InChI is InChI=1S/C18H12ClNO3/c19-14-8-6-12(7-9-14)17-15(10-11-16(21)22)23-18(20-17)13-4-2-1-3-5-13/h1-11H,(H,21,22)/b11-10+. The van der Waals surface area contributed by atoms with Gasteiger partial charge in [0.05, 0.1) is 0 Å². The van der Waals surface area contributed by atoms with Crippen molar-refractivity contribution in [3.05, 3.63) is 71.5 Å². The van der Waals surface area contributed by atoms with E-state index in [0.717, 1.165) is 17.2 Å². The quantitative estimate of drug-likeness (QED) is 0.702. The minimum absolute atomic E-state index is 0.383. The van der Waals surface area contributed by atoms with Crippen molar-refractivity contribution >= 4 is 23.6 Å². The van der Waals surface area contributed by atoms with Crippen LogP contribution in [-0.4, -0.2) is 16.1 Å². The summed E-state index contributed by atoms with van der Waals surface area (Å²) in [5.74, 6) is -0.237. The SMILES string of the molecule is O=C(O)/C=C/c1oc(-c2ccccc2)nc1-c1ccc(Cl)cc1. The Kier molecular flexibility index (Phi) is 4.26. The molecule has 0 spiro atoms. The van der Waals surface area contributed by atoms with Gasteiger partial charge in [-0.3, -0.25) is 0 Å². The number of carboxylic acids is 1. The van der Waals surface area contributed by atoms with Crippen LogP contribution in [-0.2, 0) is 4.79 Å². The van der Waals surface area contributed by atoms with Crippen molar-refractivity contribution in [2.45, 2.75) is 0 Å². The van der Waals surface area contributed by atoms with Crippen LogP contribution in [0.5, 0.6) is 0 Å². The van der Waals surface area contributed by atoms with E-state index in [-0.39, 0.29) is 0 Å². The largest absolute Gasteiger partial charge is 0.478 e. The predicted molar refractivity (Wildman–Crippen MR) is 89.1 cm³/mol. The molecule has 23 heavy (non-hydrogen) atoms. The summed E-state index contributed by atoms with van der Waals surface area (Å²) in [5, 5.41) is 9.44. The van der Waals surface area contributed by atoms with Gasteiger partial charge in [-0.15, -0.1) is 0 Å².